The van der Waals surface area contributed by atoms with Crippen molar-refractivity contribution in [2.45, 2.75) is 48.0 Å². The zero-order chi connectivity index (χ0) is 19.8. The van der Waals surface area contributed by atoms with E-state index in [2.05, 4.69) is 20.1 Å². The lowest BCUT2D eigenvalue weighted by molar-refractivity contribution is -0.115. The van der Waals surface area contributed by atoms with Gasteiger partial charge in [-0.15, -0.1) is 10.2 Å². The molecule has 8 nitrogen and oxygen atoms in total. The number of sulfonamides is 1. The number of amides is 1. The summed E-state index contributed by atoms with van der Waals surface area (Å²) < 4.78 is 27.7. The Balaban J connectivity index is 1.70. The Hall–Kier alpha value is -1.91. The van der Waals surface area contributed by atoms with Gasteiger partial charge in [0, 0.05) is 25.8 Å². The molecule has 1 saturated carbocycles. The van der Waals surface area contributed by atoms with Crippen LogP contribution in [0.2, 0.25) is 0 Å². The van der Waals surface area contributed by atoms with E-state index in [1.165, 1.54) is 38.0 Å². The number of aromatic nitrogens is 3. The van der Waals surface area contributed by atoms with Crippen molar-refractivity contribution in [2.75, 3.05) is 19.4 Å². The van der Waals surface area contributed by atoms with Gasteiger partial charge >= 0.3 is 0 Å². The number of carbonyl (C=O) groups excluding carboxylic acids is 1. The molecule has 0 unspecified atom stereocenters. The van der Waals surface area contributed by atoms with Gasteiger partial charge in [0.15, 0.2) is 5.16 Å². The molecule has 1 fully saturated rings. The fourth-order valence-electron chi connectivity index (χ4n) is 2.58. The highest BCUT2D eigenvalue weighted by molar-refractivity contribution is 8.00. The van der Waals surface area contributed by atoms with Crippen LogP contribution in [0.15, 0.2) is 34.3 Å². The largest absolute Gasteiger partial charge is 0.325 e. The molecule has 0 radical (unpaired) electrons. The van der Waals surface area contributed by atoms with Crippen LogP contribution in [0.4, 0.5) is 5.69 Å². The smallest absolute Gasteiger partial charge is 0.242 e. The fraction of sp³-hybridized carbons (Fsp3) is 0.471. The third-order valence-corrected chi connectivity index (χ3v) is 7.15. The lowest BCUT2D eigenvalue weighted by atomic mass is 10.3. The molecule has 0 aliphatic heterocycles. The maximum Gasteiger partial charge on any atom is 0.242 e. The van der Waals surface area contributed by atoms with Gasteiger partial charge in [0.05, 0.1) is 10.1 Å². The Kier molecular flexibility index (Phi) is 5.59. The summed E-state index contributed by atoms with van der Waals surface area (Å²) in [4.78, 5) is 12.7. The molecule has 1 aliphatic carbocycles. The van der Waals surface area contributed by atoms with E-state index >= 15 is 0 Å². The van der Waals surface area contributed by atoms with Crippen molar-refractivity contribution in [3.05, 3.63) is 30.1 Å². The molecule has 27 heavy (non-hydrogen) atoms. The quantitative estimate of drug-likeness (QED) is 0.705. The van der Waals surface area contributed by atoms with Crippen LogP contribution < -0.4 is 5.32 Å². The highest BCUT2D eigenvalue weighted by Crippen LogP contribution is 2.39. The summed E-state index contributed by atoms with van der Waals surface area (Å²) in [7, 11) is -0.615. The van der Waals surface area contributed by atoms with Crippen molar-refractivity contribution in [3.63, 3.8) is 0 Å². The van der Waals surface area contributed by atoms with Crippen molar-refractivity contribution in [1.82, 2.24) is 19.1 Å². The molecular weight excluding hydrogens is 386 g/mol. The summed E-state index contributed by atoms with van der Waals surface area (Å²) in [5.41, 5.74) is 0.440. The summed E-state index contributed by atoms with van der Waals surface area (Å²) in [6.45, 7) is 3.71. The number of carbonyl (C=O) groups is 1. The average Bonchev–Trinajstić information content (AvgIpc) is 3.38. The van der Waals surface area contributed by atoms with E-state index in [-0.39, 0.29) is 10.8 Å². The minimum absolute atomic E-state index is 0.134. The highest BCUT2D eigenvalue weighted by atomic mass is 32.2. The fourth-order valence-corrected chi connectivity index (χ4v) is 4.50. The van der Waals surface area contributed by atoms with Crippen LogP contribution in [0.25, 0.3) is 0 Å². The van der Waals surface area contributed by atoms with E-state index in [0.29, 0.717) is 11.7 Å². The Bertz CT molecular complexity index is 951. The standard InChI is InChI=1S/C17H23N5O3S2/c1-11(26-17-20-19-12(2)22(17)14-8-9-14)16(23)18-13-6-5-7-15(10-13)27(24,25)21(3)4/h5-7,10-11,14H,8-9H2,1-4H3,(H,18,23)/t11-/m0/s1. The van der Waals surface area contributed by atoms with E-state index < -0.39 is 15.3 Å². The topological polar surface area (TPSA) is 97.2 Å². The molecule has 10 heteroatoms. The number of nitrogens with one attached hydrogen (secondary N) is 1. The van der Waals surface area contributed by atoms with E-state index in [9.17, 15) is 13.2 Å². The van der Waals surface area contributed by atoms with Gasteiger partial charge in [0.1, 0.15) is 5.82 Å². The molecule has 1 aliphatic rings. The van der Waals surface area contributed by atoms with Gasteiger partial charge < -0.3 is 9.88 Å². The second-order valence-corrected chi connectivity index (χ2v) is 10.2. The molecule has 3 rings (SSSR count). The van der Waals surface area contributed by atoms with Crippen molar-refractivity contribution >= 4 is 33.4 Å². The van der Waals surface area contributed by atoms with Crippen LogP contribution >= 0.6 is 11.8 Å². The van der Waals surface area contributed by atoms with Gasteiger partial charge in [-0.3, -0.25) is 4.79 Å². The lowest BCUT2D eigenvalue weighted by Crippen LogP contribution is -2.24. The van der Waals surface area contributed by atoms with E-state index in [4.69, 9.17) is 0 Å². The summed E-state index contributed by atoms with van der Waals surface area (Å²) in [6, 6.07) is 6.68. The molecule has 2 aromatic rings. The summed E-state index contributed by atoms with van der Waals surface area (Å²) in [5.74, 6) is 0.636. The average molecular weight is 410 g/mol. The number of nitrogens with zero attached hydrogens (tertiary/aromatic N) is 4. The van der Waals surface area contributed by atoms with Crippen molar-refractivity contribution < 1.29 is 13.2 Å². The van der Waals surface area contributed by atoms with Crippen LogP contribution in [0.1, 0.15) is 31.6 Å². The maximum atomic E-state index is 12.6. The zero-order valence-electron chi connectivity index (χ0n) is 15.7. The molecule has 146 valence electrons. The van der Waals surface area contributed by atoms with Crippen LogP contribution in [0, 0.1) is 6.92 Å². The third-order valence-electron chi connectivity index (χ3n) is 4.28. The summed E-state index contributed by atoms with van der Waals surface area (Å²) in [5, 5.41) is 11.4. The van der Waals surface area contributed by atoms with E-state index in [1.807, 2.05) is 6.92 Å². The molecule has 0 spiro atoms. The Morgan fingerprint density at radius 2 is 2.04 bits per heavy atom. The number of thioether (sulfide) groups is 1. The number of hydrogen-bond acceptors (Lipinski definition) is 6. The monoisotopic (exact) mass is 409 g/mol. The van der Waals surface area contributed by atoms with E-state index in [0.717, 1.165) is 28.1 Å². The molecule has 1 heterocycles. The van der Waals surface area contributed by atoms with Crippen LogP contribution in [-0.4, -0.2) is 52.7 Å². The van der Waals surface area contributed by atoms with Crippen molar-refractivity contribution in [2.24, 2.45) is 0 Å². The molecular formula is C17H23N5O3S2. The van der Waals surface area contributed by atoms with Crippen molar-refractivity contribution in [3.8, 4) is 0 Å². The second kappa shape index (κ2) is 7.61. The normalized spacial score (nSPS) is 15.7. The van der Waals surface area contributed by atoms with Gasteiger partial charge in [-0.25, -0.2) is 12.7 Å². The number of aryl methyl sites for hydroxylation is 1. The predicted octanol–water partition coefficient (Wildman–Crippen LogP) is 2.29. The van der Waals surface area contributed by atoms with Crippen LogP contribution in [0.5, 0.6) is 0 Å². The number of hydrogen-bond donors (Lipinski definition) is 1. The highest BCUT2D eigenvalue weighted by Gasteiger charge is 2.30. The second-order valence-electron chi connectivity index (χ2n) is 6.70. The molecule has 1 aromatic carbocycles. The molecule has 1 amide bonds. The summed E-state index contributed by atoms with van der Waals surface area (Å²) >= 11 is 1.35. The van der Waals surface area contributed by atoms with Crippen molar-refractivity contribution in [1.29, 1.82) is 0 Å². The zero-order valence-corrected chi connectivity index (χ0v) is 17.3. The summed E-state index contributed by atoms with van der Waals surface area (Å²) in [6.07, 6.45) is 2.22. The minimum Gasteiger partial charge on any atom is -0.325 e. The third kappa shape index (κ3) is 4.33. The first-order chi connectivity index (χ1) is 12.7. The first kappa shape index (κ1) is 19.8. The van der Waals surface area contributed by atoms with Crippen LogP contribution in [-0.2, 0) is 14.8 Å². The Morgan fingerprint density at radius 3 is 2.67 bits per heavy atom. The first-order valence-electron chi connectivity index (χ1n) is 8.61. The SMILES string of the molecule is Cc1nnc(S[C@@H](C)C(=O)Nc2cccc(S(=O)(=O)N(C)C)c2)n1C1CC1. The molecule has 0 bridgehead atoms. The number of rotatable bonds is 7. The number of anilines is 1. The van der Waals surface area contributed by atoms with Gasteiger partial charge in [0.2, 0.25) is 15.9 Å². The molecule has 0 saturated heterocycles. The van der Waals surface area contributed by atoms with Crippen LogP contribution in [0.3, 0.4) is 0 Å². The Labute approximate surface area is 163 Å². The van der Waals surface area contributed by atoms with Gasteiger partial charge in [-0.05, 0) is 44.9 Å². The number of benzene rings is 1. The molecule has 1 N–H and O–H groups in total. The Morgan fingerprint density at radius 1 is 1.33 bits per heavy atom. The molecule has 1 aromatic heterocycles. The maximum absolute atomic E-state index is 12.6. The first-order valence-corrected chi connectivity index (χ1v) is 10.9. The molecule has 1 atom stereocenters. The van der Waals surface area contributed by atoms with E-state index in [1.54, 1.807) is 19.1 Å². The lowest BCUT2D eigenvalue weighted by Gasteiger charge is -2.15. The predicted molar refractivity (Wildman–Crippen MR) is 104 cm³/mol. The van der Waals surface area contributed by atoms with Gasteiger partial charge in [-0.1, -0.05) is 17.8 Å². The minimum atomic E-state index is -3.55. The van der Waals surface area contributed by atoms with Gasteiger partial charge in [0.25, 0.3) is 0 Å². The van der Waals surface area contributed by atoms with Gasteiger partial charge in [-0.2, -0.15) is 0 Å².